The second-order valence-corrected chi connectivity index (χ2v) is 4.38. The van der Waals surface area contributed by atoms with E-state index in [4.69, 9.17) is 5.73 Å². The fraction of sp³-hybridized carbons (Fsp3) is 0.583. The highest BCUT2D eigenvalue weighted by atomic mass is 14.7. The number of aromatic nitrogens is 1. The molecule has 0 aromatic carbocycles. The first kappa shape index (κ1) is 9.66. The third-order valence-corrected chi connectivity index (χ3v) is 3.48. The molecule has 1 fully saturated rings. The lowest BCUT2D eigenvalue weighted by molar-refractivity contribution is 0.451. The van der Waals surface area contributed by atoms with Crippen molar-refractivity contribution < 1.29 is 0 Å². The number of pyridine rings is 1. The predicted molar refractivity (Wildman–Crippen MR) is 58.2 cm³/mol. The van der Waals surface area contributed by atoms with Crippen LogP contribution in [0, 0.1) is 6.92 Å². The monoisotopic (exact) mass is 190 g/mol. The smallest absolute Gasteiger partial charge is 0.0372 e. The molecule has 14 heavy (non-hydrogen) atoms. The van der Waals surface area contributed by atoms with E-state index in [0.717, 1.165) is 12.2 Å². The first-order chi connectivity index (χ1) is 6.77. The molecular formula is C12H18N2. The Labute approximate surface area is 85.5 Å². The predicted octanol–water partition coefficient (Wildman–Crippen LogP) is 2.16. The Balaban J connectivity index is 2.31. The van der Waals surface area contributed by atoms with Crippen LogP contribution in [0.4, 0.5) is 0 Å². The average molecular weight is 190 g/mol. The van der Waals surface area contributed by atoms with Gasteiger partial charge in [-0.3, -0.25) is 4.98 Å². The van der Waals surface area contributed by atoms with Crippen LogP contribution in [0.3, 0.4) is 0 Å². The van der Waals surface area contributed by atoms with Gasteiger partial charge in [0.15, 0.2) is 0 Å². The normalized spacial score (nSPS) is 19.9. The number of nitrogens with two attached hydrogens (primary N) is 1. The molecule has 76 valence electrons. The Morgan fingerprint density at radius 1 is 1.36 bits per heavy atom. The zero-order chi connectivity index (χ0) is 10.0. The molecule has 1 aromatic rings. The van der Waals surface area contributed by atoms with Gasteiger partial charge < -0.3 is 5.73 Å². The quantitative estimate of drug-likeness (QED) is 0.776. The van der Waals surface area contributed by atoms with Crippen molar-refractivity contribution in [2.24, 2.45) is 5.73 Å². The third-order valence-electron chi connectivity index (χ3n) is 3.48. The molecule has 1 aromatic heterocycles. The van der Waals surface area contributed by atoms with E-state index < -0.39 is 0 Å². The van der Waals surface area contributed by atoms with Crippen LogP contribution in [-0.2, 0) is 5.41 Å². The van der Waals surface area contributed by atoms with E-state index in [9.17, 15) is 0 Å². The van der Waals surface area contributed by atoms with Gasteiger partial charge in [-0.15, -0.1) is 0 Å². The molecule has 0 radical (unpaired) electrons. The van der Waals surface area contributed by atoms with Crippen LogP contribution in [0.25, 0.3) is 0 Å². The van der Waals surface area contributed by atoms with E-state index in [1.165, 1.54) is 31.2 Å². The fourth-order valence-corrected chi connectivity index (χ4v) is 2.44. The maximum absolute atomic E-state index is 5.91. The minimum Gasteiger partial charge on any atom is -0.330 e. The number of hydrogen-bond donors (Lipinski definition) is 1. The largest absolute Gasteiger partial charge is 0.330 e. The van der Waals surface area contributed by atoms with E-state index in [1.807, 2.05) is 13.1 Å². The van der Waals surface area contributed by atoms with E-state index >= 15 is 0 Å². The summed E-state index contributed by atoms with van der Waals surface area (Å²) < 4.78 is 0. The molecule has 2 rings (SSSR count). The van der Waals surface area contributed by atoms with Crippen LogP contribution in [0.15, 0.2) is 18.3 Å². The number of rotatable bonds is 2. The van der Waals surface area contributed by atoms with Crippen molar-refractivity contribution in [1.82, 2.24) is 4.98 Å². The lowest BCUT2D eigenvalue weighted by Crippen LogP contribution is -2.32. The summed E-state index contributed by atoms with van der Waals surface area (Å²) in [5, 5.41) is 0. The molecule has 2 heteroatoms. The Kier molecular flexibility index (Phi) is 2.55. The molecule has 0 saturated heterocycles. The molecule has 1 saturated carbocycles. The first-order valence-corrected chi connectivity index (χ1v) is 5.40. The van der Waals surface area contributed by atoms with Gasteiger partial charge in [0.05, 0.1) is 0 Å². The second kappa shape index (κ2) is 3.70. The van der Waals surface area contributed by atoms with Gasteiger partial charge in [-0.05, 0) is 31.4 Å². The van der Waals surface area contributed by atoms with Gasteiger partial charge in [0.25, 0.3) is 0 Å². The van der Waals surface area contributed by atoms with Crippen LogP contribution in [0.1, 0.15) is 36.9 Å². The maximum Gasteiger partial charge on any atom is 0.0372 e. The van der Waals surface area contributed by atoms with E-state index in [2.05, 4.69) is 17.1 Å². The highest BCUT2D eigenvalue weighted by molar-refractivity contribution is 5.25. The zero-order valence-corrected chi connectivity index (χ0v) is 8.79. The Morgan fingerprint density at radius 3 is 2.57 bits per heavy atom. The van der Waals surface area contributed by atoms with Crippen LogP contribution < -0.4 is 5.73 Å². The summed E-state index contributed by atoms with van der Waals surface area (Å²) in [6.45, 7) is 2.78. The van der Waals surface area contributed by atoms with Gasteiger partial charge in [0.2, 0.25) is 0 Å². The third kappa shape index (κ3) is 1.55. The number of aryl methyl sites for hydroxylation is 1. The summed E-state index contributed by atoms with van der Waals surface area (Å²) in [5.74, 6) is 0. The van der Waals surface area contributed by atoms with Crippen molar-refractivity contribution in [3.63, 3.8) is 0 Å². The Hall–Kier alpha value is -0.890. The van der Waals surface area contributed by atoms with Crippen LogP contribution in [0.2, 0.25) is 0 Å². The molecular weight excluding hydrogens is 172 g/mol. The summed E-state index contributed by atoms with van der Waals surface area (Å²) >= 11 is 0. The molecule has 2 nitrogen and oxygen atoms in total. The molecule has 0 spiro atoms. The maximum atomic E-state index is 5.91. The van der Waals surface area contributed by atoms with Crippen LogP contribution >= 0.6 is 0 Å². The topological polar surface area (TPSA) is 38.9 Å². The van der Waals surface area contributed by atoms with Crippen molar-refractivity contribution in [3.05, 3.63) is 29.6 Å². The lowest BCUT2D eigenvalue weighted by Gasteiger charge is -2.27. The second-order valence-electron chi connectivity index (χ2n) is 4.38. The number of hydrogen-bond acceptors (Lipinski definition) is 2. The minimum absolute atomic E-state index is 0.237. The summed E-state index contributed by atoms with van der Waals surface area (Å²) in [5.41, 5.74) is 8.57. The van der Waals surface area contributed by atoms with Gasteiger partial charge in [0.1, 0.15) is 0 Å². The summed E-state index contributed by atoms with van der Waals surface area (Å²) in [6.07, 6.45) is 7.09. The van der Waals surface area contributed by atoms with Crippen molar-refractivity contribution in [1.29, 1.82) is 0 Å². The minimum atomic E-state index is 0.237. The average Bonchev–Trinajstić information content (AvgIpc) is 2.68. The Morgan fingerprint density at radius 2 is 2.07 bits per heavy atom. The van der Waals surface area contributed by atoms with E-state index in [1.54, 1.807) is 0 Å². The van der Waals surface area contributed by atoms with Crippen molar-refractivity contribution in [2.75, 3.05) is 6.54 Å². The molecule has 0 unspecified atom stereocenters. The standard InChI is InChI=1S/C12H18N2/c1-10-4-5-11(8-14-10)12(9-13)6-2-3-7-12/h4-5,8H,2-3,6-7,9,13H2,1H3. The molecule has 0 bridgehead atoms. The highest BCUT2D eigenvalue weighted by Crippen LogP contribution is 2.39. The molecule has 0 atom stereocenters. The SMILES string of the molecule is Cc1ccc(C2(CN)CCCC2)cn1. The van der Waals surface area contributed by atoms with Crippen LogP contribution in [-0.4, -0.2) is 11.5 Å². The molecule has 1 aliphatic carbocycles. The molecule has 2 N–H and O–H groups in total. The van der Waals surface area contributed by atoms with Gasteiger partial charge in [-0.25, -0.2) is 0 Å². The van der Waals surface area contributed by atoms with Crippen molar-refractivity contribution in [2.45, 2.75) is 38.0 Å². The van der Waals surface area contributed by atoms with Gasteiger partial charge in [-0.1, -0.05) is 18.9 Å². The van der Waals surface area contributed by atoms with E-state index in [-0.39, 0.29) is 5.41 Å². The molecule has 0 aliphatic heterocycles. The molecule has 1 aliphatic rings. The Bertz CT molecular complexity index is 297. The van der Waals surface area contributed by atoms with Crippen molar-refractivity contribution >= 4 is 0 Å². The summed E-state index contributed by atoms with van der Waals surface area (Å²) in [7, 11) is 0. The highest BCUT2D eigenvalue weighted by Gasteiger charge is 2.34. The number of nitrogens with zero attached hydrogens (tertiary/aromatic N) is 1. The van der Waals surface area contributed by atoms with Gasteiger partial charge >= 0.3 is 0 Å². The summed E-state index contributed by atoms with van der Waals surface area (Å²) in [4.78, 5) is 4.36. The summed E-state index contributed by atoms with van der Waals surface area (Å²) in [6, 6.07) is 4.28. The zero-order valence-electron chi connectivity index (χ0n) is 8.79. The van der Waals surface area contributed by atoms with Gasteiger partial charge in [-0.2, -0.15) is 0 Å². The molecule has 1 heterocycles. The van der Waals surface area contributed by atoms with Gasteiger partial charge in [0, 0.05) is 23.9 Å². The van der Waals surface area contributed by atoms with Crippen molar-refractivity contribution in [3.8, 4) is 0 Å². The lowest BCUT2D eigenvalue weighted by atomic mass is 9.80. The van der Waals surface area contributed by atoms with Crippen LogP contribution in [0.5, 0.6) is 0 Å². The van der Waals surface area contributed by atoms with E-state index in [0.29, 0.717) is 0 Å². The fourth-order valence-electron chi connectivity index (χ4n) is 2.44. The first-order valence-electron chi connectivity index (χ1n) is 5.40. The molecule has 0 amide bonds.